The van der Waals surface area contributed by atoms with Gasteiger partial charge in [0.15, 0.2) is 5.16 Å². The number of nitrogens with one attached hydrogen (secondary N) is 2. The molecule has 5 rings (SSSR count). The lowest BCUT2D eigenvalue weighted by molar-refractivity contribution is -0.115. The topological polar surface area (TPSA) is 106 Å². The summed E-state index contributed by atoms with van der Waals surface area (Å²) in [7, 11) is 0. The SMILES string of the molecule is CC[C@@H](Sc1nc2ccccc2c(=O)n1Cc1ccc(C(=O)NCc2ccco2)cc1)C(=O)Nc1cccc(C)c1. The summed E-state index contributed by atoms with van der Waals surface area (Å²) in [4.78, 5) is 44.2. The summed E-state index contributed by atoms with van der Waals surface area (Å²) in [6, 6.07) is 25.5. The molecule has 41 heavy (non-hydrogen) atoms. The third-order valence-electron chi connectivity index (χ3n) is 6.58. The van der Waals surface area contributed by atoms with E-state index in [2.05, 4.69) is 10.6 Å². The fourth-order valence-corrected chi connectivity index (χ4v) is 5.41. The highest BCUT2D eigenvalue weighted by Crippen LogP contribution is 2.27. The van der Waals surface area contributed by atoms with Crippen LogP contribution in [-0.4, -0.2) is 26.6 Å². The average Bonchev–Trinajstić information content (AvgIpc) is 3.50. The molecule has 0 aliphatic carbocycles. The largest absolute Gasteiger partial charge is 0.467 e. The van der Waals surface area contributed by atoms with Crippen molar-refractivity contribution in [1.82, 2.24) is 14.9 Å². The number of aryl methyl sites for hydroxylation is 1. The second-order valence-corrected chi connectivity index (χ2v) is 10.8. The van der Waals surface area contributed by atoms with Gasteiger partial charge in [-0.25, -0.2) is 4.98 Å². The number of carbonyl (C=O) groups is 2. The van der Waals surface area contributed by atoms with E-state index in [1.54, 1.807) is 47.2 Å². The highest BCUT2D eigenvalue weighted by molar-refractivity contribution is 8.00. The van der Waals surface area contributed by atoms with Gasteiger partial charge in [0.05, 0.1) is 35.5 Å². The van der Waals surface area contributed by atoms with Gasteiger partial charge < -0.3 is 15.1 Å². The predicted molar refractivity (Wildman–Crippen MR) is 161 cm³/mol. The first-order valence-electron chi connectivity index (χ1n) is 13.3. The molecule has 8 nitrogen and oxygen atoms in total. The van der Waals surface area contributed by atoms with Gasteiger partial charge in [0, 0.05) is 11.3 Å². The van der Waals surface area contributed by atoms with Crippen molar-refractivity contribution >= 4 is 40.2 Å². The zero-order chi connectivity index (χ0) is 28.8. The fourth-order valence-electron chi connectivity index (χ4n) is 4.40. The van der Waals surface area contributed by atoms with Gasteiger partial charge in [0.1, 0.15) is 5.76 Å². The van der Waals surface area contributed by atoms with Gasteiger partial charge in [-0.15, -0.1) is 0 Å². The standard InChI is InChI=1S/C32H30N4O4S/c1-3-28(30(38)34-24-9-6-8-21(2)18-24)41-32-35-27-12-5-4-11-26(27)31(39)36(32)20-22-13-15-23(16-14-22)29(37)33-19-25-10-7-17-40-25/h4-18,28H,3,19-20H2,1-2H3,(H,33,37)(H,34,38)/t28-/m1/s1. The molecule has 0 spiro atoms. The molecule has 1 atom stereocenters. The summed E-state index contributed by atoms with van der Waals surface area (Å²) in [5.74, 6) is 0.294. The average molecular weight is 567 g/mol. The second-order valence-electron chi connectivity index (χ2n) is 9.64. The molecule has 0 radical (unpaired) electrons. The van der Waals surface area contributed by atoms with Gasteiger partial charge in [-0.3, -0.25) is 19.0 Å². The van der Waals surface area contributed by atoms with Crippen LogP contribution < -0.4 is 16.2 Å². The number of furan rings is 1. The first-order valence-corrected chi connectivity index (χ1v) is 14.2. The van der Waals surface area contributed by atoms with Crippen LogP contribution in [0.15, 0.2) is 106 Å². The van der Waals surface area contributed by atoms with E-state index in [4.69, 9.17) is 9.40 Å². The smallest absolute Gasteiger partial charge is 0.262 e. The Morgan fingerprint density at radius 1 is 1.00 bits per heavy atom. The number of fused-ring (bicyclic) bond motifs is 1. The van der Waals surface area contributed by atoms with E-state index in [9.17, 15) is 14.4 Å². The molecule has 0 saturated carbocycles. The zero-order valence-electron chi connectivity index (χ0n) is 22.8. The van der Waals surface area contributed by atoms with Crippen LogP contribution in [0.5, 0.6) is 0 Å². The molecule has 2 aromatic heterocycles. The molecule has 0 saturated heterocycles. The van der Waals surface area contributed by atoms with E-state index in [0.717, 1.165) is 16.8 Å². The number of rotatable bonds is 10. The number of nitrogens with zero attached hydrogens (tertiary/aromatic N) is 2. The number of hydrogen-bond acceptors (Lipinski definition) is 6. The first-order chi connectivity index (χ1) is 19.9. The maximum Gasteiger partial charge on any atom is 0.262 e. The zero-order valence-corrected chi connectivity index (χ0v) is 23.6. The minimum Gasteiger partial charge on any atom is -0.467 e. The Morgan fingerprint density at radius 3 is 2.54 bits per heavy atom. The predicted octanol–water partition coefficient (Wildman–Crippen LogP) is 5.79. The normalized spacial score (nSPS) is 11.8. The van der Waals surface area contributed by atoms with Crippen LogP contribution >= 0.6 is 11.8 Å². The van der Waals surface area contributed by atoms with Crippen molar-refractivity contribution in [3.63, 3.8) is 0 Å². The van der Waals surface area contributed by atoms with Gasteiger partial charge >= 0.3 is 0 Å². The van der Waals surface area contributed by atoms with Crippen molar-refractivity contribution in [2.45, 2.75) is 43.8 Å². The Balaban J connectivity index is 1.38. The number of amides is 2. The molecule has 0 bridgehead atoms. The second kappa shape index (κ2) is 12.7. The lowest BCUT2D eigenvalue weighted by atomic mass is 10.1. The van der Waals surface area contributed by atoms with E-state index in [0.29, 0.717) is 40.3 Å². The molecule has 0 aliphatic rings. The number of benzene rings is 3. The van der Waals surface area contributed by atoms with Crippen LogP contribution in [0.3, 0.4) is 0 Å². The lowest BCUT2D eigenvalue weighted by Gasteiger charge is -2.18. The third kappa shape index (κ3) is 6.75. The van der Waals surface area contributed by atoms with Crippen molar-refractivity contribution in [2.75, 3.05) is 5.32 Å². The quantitative estimate of drug-likeness (QED) is 0.164. The number of aromatic nitrogens is 2. The molecule has 2 heterocycles. The maximum atomic E-state index is 13.6. The van der Waals surface area contributed by atoms with Gasteiger partial charge in [-0.1, -0.05) is 55.1 Å². The molecule has 3 aromatic carbocycles. The highest BCUT2D eigenvalue weighted by Gasteiger charge is 2.22. The molecular formula is C32H30N4O4S. The Bertz CT molecular complexity index is 1730. The van der Waals surface area contributed by atoms with E-state index in [-0.39, 0.29) is 23.9 Å². The summed E-state index contributed by atoms with van der Waals surface area (Å²) in [5.41, 5.74) is 3.49. The van der Waals surface area contributed by atoms with Crippen LogP contribution in [0, 0.1) is 6.92 Å². The molecule has 5 aromatic rings. The van der Waals surface area contributed by atoms with Gasteiger partial charge in [-0.05, 0) is 73.0 Å². The number of thioether (sulfide) groups is 1. The summed E-state index contributed by atoms with van der Waals surface area (Å²) in [6.07, 6.45) is 2.11. The van der Waals surface area contributed by atoms with Gasteiger partial charge in [-0.2, -0.15) is 0 Å². The van der Waals surface area contributed by atoms with Gasteiger partial charge in [0.2, 0.25) is 5.91 Å². The van der Waals surface area contributed by atoms with Crippen LogP contribution in [0.2, 0.25) is 0 Å². The number of anilines is 1. The molecule has 9 heteroatoms. The maximum absolute atomic E-state index is 13.6. The summed E-state index contributed by atoms with van der Waals surface area (Å²) < 4.78 is 6.86. The lowest BCUT2D eigenvalue weighted by Crippen LogP contribution is -2.28. The Hall–Kier alpha value is -4.63. The van der Waals surface area contributed by atoms with E-state index < -0.39 is 5.25 Å². The first kappa shape index (κ1) is 27.9. The summed E-state index contributed by atoms with van der Waals surface area (Å²) >= 11 is 1.28. The van der Waals surface area contributed by atoms with E-state index >= 15 is 0 Å². The Labute approximate surface area is 241 Å². The minimum atomic E-state index is -0.463. The van der Waals surface area contributed by atoms with Crippen molar-refractivity contribution < 1.29 is 14.0 Å². The van der Waals surface area contributed by atoms with Crippen LogP contribution in [0.1, 0.15) is 40.6 Å². The molecular weight excluding hydrogens is 536 g/mol. The van der Waals surface area contributed by atoms with E-state index in [1.807, 2.05) is 62.4 Å². The number of carbonyl (C=O) groups excluding carboxylic acids is 2. The highest BCUT2D eigenvalue weighted by atomic mass is 32.2. The summed E-state index contributed by atoms with van der Waals surface area (Å²) in [6.45, 7) is 4.44. The number of hydrogen-bond donors (Lipinski definition) is 2. The molecule has 2 N–H and O–H groups in total. The van der Waals surface area contributed by atoms with E-state index in [1.165, 1.54) is 11.8 Å². The molecule has 208 valence electrons. The number of para-hydroxylation sites is 1. The van der Waals surface area contributed by atoms with Crippen molar-refractivity contribution in [2.24, 2.45) is 0 Å². The van der Waals surface area contributed by atoms with Gasteiger partial charge in [0.25, 0.3) is 11.5 Å². The monoisotopic (exact) mass is 566 g/mol. The summed E-state index contributed by atoms with van der Waals surface area (Å²) in [5, 5.41) is 6.32. The Kier molecular flexibility index (Phi) is 8.64. The van der Waals surface area contributed by atoms with Crippen LogP contribution in [0.4, 0.5) is 5.69 Å². The van der Waals surface area contributed by atoms with Crippen LogP contribution in [0.25, 0.3) is 10.9 Å². The van der Waals surface area contributed by atoms with Crippen molar-refractivity contribution in [3.8, 4) is 0 Å². The minimum absolute atomic E-state index is 0.151. The van der Waals surface area contributed by atoms with Crippen LogP contribution in [-0.2, 0) is 17.9 Å². The molecule has 0 unspecified atom stereocenters. The molecule has 0 fully saturated rings. The third-order valence-corrected chi connectivity index (χ3v) is 7.94. The fraction of sp³-hybridized carbons (Fsp3) is 0.188. The Morgan fingerprint density at radius 2 is 1.80 bits per heavy atom. The van der Waals surface area contributed by atoms with Crippen molar-refractivity contribution in [1.29, 1.82) is 0 Å². The molecule has 0 aliphatic heterocycles. The molecule has 2 amide bonds. The van der Waals surface area contributed by atoms with Crippen molar-refractivity contribution in [3.05, 3.63) is 124 Å².